The molecular weight excluding hydrogens is 384 g/mol. The van der Waals surface area contributed by atoms with Gasteiger partial charge in [-0.15, -0.1) is 0 Å². The molecule has 30 heavy (non-hydrogen) atoms. The Morgan fingerprint density at radius 2 is 1.77 bits per heavy atom. The molecule has 0 radical (unpaired) electrons. The van der Waals surface area contributed by atoms with Crippen LogP contribution < -0.4 is 10.6 Å². The van der Waals surface area contributed by atoms with Crippen LogP contribution in [0.4, 0.5) is 10.5 Å². The molecule has 0 saturated carbocycles. The van der Waals surface area contributed by atoms with Crippen molar-refractivity contribution in [3.8, 4) is 0 Å². The predicted molar refractivity (Wildman–Crippen MR) is 118 cm³/mol. The lowest BCUT2D eigenvalue weighted by molar-refractivity contribution is -0.149. The van der Waals surface area contributed by atoms with Gasteiger partial charge in [0.2, 0.25) is 0 Å². The van der Waals surface area contributed by atoms with E-state index in [0.29, 0.717) is 31.6 Å². The second kappa shape index (κ2) is 13.0. The number of hydrogen-bond donors (Lipinski definition) is 2. The first-order chi connectivity index (χ1) is 14.1. The highest BCUT2D eigenvalue weighted by Gasteiger charge is 2.22. The van der Waals surface area contributed by atoms with Gasteiger partial charge in [-0.1, -0.05) is 12.1 Å². The molecule has 0 aromatic heterocycles. The Morgan fingerprint density at radius 3 is 2.33 bits per heavy atom. The Labute approximate surface area is 179 Å². The average molecular weight is 421 g/mol. The van der Waals surface area contributed by atoms with Gasteiger partial charge in [0.25, 0.3) is 0 Å². The number of Topliss-reactive ketones (excluding diaryl/α,β-unsaturated/α-hetero) is 1. The summed E-state index contributed by atoms with van der Waals surface area (Å²) in [6.45, 7) is 8.30. The van der Waals surface area contributed by atoms with Crippen molar-refractivity contribution in [1.29, 1.82) is 0 Å². The summed E-state index contributed by atoms with van der Waals surface area (Å²) in [6, 6.07) is 7.30. The van der Waals surface area contributed by atoms with Gasteiger partial charge in [0.15, 0.2) is 0 Å². The minimum absolute atomic E-state index is 0.0495. The van der Waals surface area contributed by atoms with Gasteiger partial charge >= 0.3 is 12.1 Å². The van der Waals surface area contributed by atoms with Crippen molar-refractivity contribution < 1.29 is 23.9 Å². The Bertz CT molecular complexity index is 680. The van der Waals surface area contributed by atoms with Crippen molar-refractivity contribution in [1.82, 2.24) is 5.32 Å². The zero-order chi connectivity index (χ0) is 22.6. The maximum Gasteiger partial charge on any atom is 0.412 e. The molecule has 0 heterocycles. The van der Waals surface area contributed by atoms with Crippen LogP contribution in [0.5, 0.6) is 0 Å². The lowest BCUT2D eigenvalue weighted by Gasteiger charge is -2.19. The number of ketones is 1. The molecule has 168 valence electrons. The van der Waals surface area contributed by atoms with E-state index in [-0.39, 0.29) is 24.1 Å². The van der Waals surface area contributed by atoms with Crippen molar-refractivity contribution in [2.45, 2.75) is 65.4 Å². The number of carbonyl (C=O) groups is 3. The molecule has 0 saturated heterocycles. The van der Waals surface area contributed by atoms with Crippen LogP contribution in [-0.2, 0) is 25.5 Å². The van der Waals surface area contributed by atoms with Gasteiger partial charge in [0, 0.05) is 18.5 Å². The third kappa shape index (κ3) is 11.0. The fourth-order valence-corrected chi connectivity index (χ4v) is 2.93. The zero-order valence-electron chi connectivity index (χ0n) is 18.9. The van der Waals surface area contributed by atoms with Crippen LogP contribution in [-0.4, -0.2) is 43.6 Å². The minimum Gasteiger partial charge on any atom is -0.466 e. The first kappa shape index (κ1) is 25.6. The average Bonchev–Trinajstić information content (AvgIpc) is 2.65. The Morgan fingerprint density at radius 1 is 1.10 bits per heavy atom. The molecule has 7 nitrogen and oxygen atoms in total. The molecule has 0 unspecified atom stereocenters. The number of hydrogen-bond acceptors (Lipinski definition) is 6. The molecule has 1 aromatic carbocycles. The van der Waals surface area contributed by atoms with Crippen LogP contribution in [0, 0.1) is 5.92 Å². The van der Waals surface area contributed by atoms with Gasteiger partial charge < -0.3 is 14.8 Å². The quantitative estimate of drug-likeness (QED) is 0.390. The number of benzene rings is 1. The van der Waals surface area contributed by atoms with Crippen LogP contribution in [0.2, 0.25) is 0 Å². The van der Waals surface area contributed by atoms with E-state index in [0.717, 1.165) is 18.5 Å². The van der Waals surface area contributed by atoms with E-state index in [1.807, 2.05) is 19.2 Å². The SMILES string of the molecule is CCOC(=O)[C@@H](CCCNC)CC(=O)CCc1ccc(NC(=O)OC(C)(C)C)cc1. The van der Waals surface area contributed by atoms with Crippen LogP contribution in [0.25, 0.3) is 0 Å². The molecule has 1 amide bonds. The molecule has 1 aromatic rings. The molecule has 0 bridgehead atoms. The molecule has 1 rings (SSSR count). The first-order valence-corrected chi connectivity index (χ1v) is 10.6. The number of nitrogens with one attached hydrogen (secondary N) is 2. The van der Waals surface area contributed by atoms with E-state index < -0.39 is 11.7 Å². The molecule has 0 spiro atoms. The highest BCUT2D eigenvalue weighted by atomic mass is 16.6. The zero-order valence-corrected chi connectivity index (χ0v) is 18.9. The summed E-state index contributed by atoms with van der Waals surface area (Å²) in [5, 5.41) is 5.73. The molecule has 0 aliphatic heterocycles. The largest absolute Gasteiger partial charge is 0.466 e. The number of rotatable bonds is 12. The molecule has 2 N–H and O–H groups in total. The lowest BCUT2D eigenvalue weighted by Crippen LogP contribution is -2.27. The molecule has 0 fully saturated rings. The Kier molecular flexibility index (Phi) is 11.1. The number of ether oxygens (including phenoxy) is 2. The predicted octanol–water partition coefficient (Wildman–Crippen LogP) is 4.10. The van der Waals surface area contributed by atoms with Crippen molar-refractivity contribution in [3.05, 3.63) is 29.8 Å². The molecule has 1 atom stereocenters. The van der Waals surface area contributed by atoms with Gasteiger partial charge in [-0.25, -0.2) is 4.79 Å². The van der Waals surface area contributed by atoms with Gasteiger partial charge in [0.05, 0.1) is 12.5 Å². The molecule has 0 aliphatic rings. The normalized spacial score (nSPS) is 12.2. The van der Waals surface area contributed by atoms with Crippen molar-refractivity contribution >= 4 is 23.5 Å². The summed E-state index contributed by atoms with van der Waals surface area (Å²) in [5.74, 6) is -0.626. The van der Waals surface area contributed by atoms with Crippen molar-refractivity contribution in [3.63, 3.8) is 0 Å². The molecule has 0 aliphatic carbocycles. The van der Waals surface area contributed by atoms with Crippen molar-refractivity contribution in [2.75, 3.05) is 25.5 Å². The third-order valence-electron chi connectivity index (χ3n) is 4.37. The van der Waals surface area contributed by atoms with E-state index >= 15 is 0 Å². The smallest absolute Gasteiger partial charge is 0.412 e. The monoisotopic (exact) mass is 420 g/mol. The van der Waals surface area contributed by atoms with Gasteiger partial charge in [-0.2, -0.15) is 0 Å². The highest BCUT2D eigenvalue weighted by Crippen LogP contribution is 2.17. The van der Waals surface area contributed by atoms with E-state index in [1.54, 1.807) is 39.8 Å². The number of amides is 1. The van der Waals surface area contributed by atoms with Crippen LogP contribution >= 0.6 is 0 Å². The Balaban J connectivity index is 2.52. The summed E-state index contributed by atoms with van der Waals surface area (Å²) >= 11 is 0. The number of anilines is 1. The minimum atomic E-state index is -0.557. The summed E-state index contributed by atoms with van der Waals surface area (Å²) < 4.78 is 10.3. The third-order valence-corrected chi connectivity index (χ3v) is 4.37. The summed E-state index contributed by atoms with van der Waals surface area (Å²) in [5.41, 5.74) is 1.06. The first-order valence-electron chi connectivity index (χ1n) is 10.6. The van der Waals surface area contributed by atoms with Crippen molar-refractivity contribution in [2.24, 2.45) is 5.92 Å². The van der Waals surface area contributed by atoms with Gasteiger partial charge in [-0.05, 0) is 78.2 Å². The second-order valence-electron chi connectivity index (χ2n) is 8.26. The van der Waals surface area contributed by atoms with E-state index in [1.165, 1.54) is 0 Å². The van der Waals surface area contributed by atoms with E-state index in [9.17, 15) is 14.4 Å². The highest BCUT2D eigenvalue weighted by molar-refractivity contribution is 5.85. The van der Waals surface area contributed by atoms with Gasteiger partial charge in [0.1, 0.15) is 11.4 Å². The molecular formula is C23H36N2O5. The van der Waals surface area contributed by atoms with Crippen LogP contribution in [0.3, 0.4) is 0 Å². The molecule has 7 heteroatoms. The van der Waals surface area contributed by atoms with Gasteiger partial charge in [-0.3, -0.25) is 14.9 Å². The summed E-state index contributed by atoms with van der Waals surface area (Å²) in [6.07, 6.45) is 2.10. The standard InChI is InChI=1S/C23H36N2O5/c1-6-29-21(27)18(8-7-15-24-5)16-20(26)14-11-17-9-12-19(13-10-17)25-22(28)30-23(2,3)4/h9-10,12-13,18,24H,6-8,11,14-16H2,1-5H3,(H,25,28)/t18-/m0/s1. The van der Waals surface area contributed by atoms with Crippen LogP contribution in [0.15, 0.2) is 24.3 Å². The fourth-order valence-electron chi connectivity index (χ4n) is 2.93. The maximum absolute atomic E-state index is 12.4. The number of carbonyl (C=O) groups excluding carboxylic acids is 3. The van der Waals surface area contributed by atoms with E-state index in [4.69, 9.17) is 9.47 Å². The van der Waals surface area contributed by atoms with Crippen LogP contribution in [0.1, 0.15) is 58.9 Å². The topological polar surface area (TPSA) is 93.7 Å². The summed E-state index contributed by atoms with van der Waals surface area (Å²) in [4.78, 5) is 36.3. The summed E-state index contributed by atoms with van der Waals surface area (Å²) in [7, 11) is 1.86. The number of esters is 1. The number of aryl methyl sites for hydroxylation is 1. The second-order valence-corrected chi connectivity index (χ2v) is 8.26. The van der Waals surface area contributed by atoms with E-state index in [2.05, 4.69) is 10.6 Å². The fraction of sp³-hybridized carbons (Fsp3) is 0.609. The Hall–Kier alpha value is -2.41. The maximum atomic E-state index is 12.4. The lowest BCUT2D eigenvalue weighted by atomic mass is 9.94.